The van der Waals surface area contributed by atoms with Crippen LogP contribution in [0, 0.1) is 5.92 Å². The molecule has 3 aromatic carbocycles. The second kappa shape index (κ2) is 31.3. The largest absolute Gasteiger partial charge is 0.508 e. The van der Waals surface area contributed by atoms with Crippen molar-refractivity contribution in [3.63, 3.8) is 0 Å². The van der Waals surface area contributed by atoms with Gasteiger partial charge in [-0.25, -0.2) is 4.79 Å². The van der Waals surface area contributed by atoms with E-state index in [2.05, 4.69) is 5.32 Å². The third-order valence-corrected chi connectivity index (χ3v) is 19.0. The molecule has 6 unspecified atom stereocenters. The number of aromatic hydroxyl groups is 2. The first-order chi connectivity index (χ1) is 36.4. The third kappa shape index (κ3) is 21.7. The molecule has 5 rings (SSSR count). The molecule has 24 nitrogen and oxygen atoms in total. The number of benzene rings is 3. The summed E-state index contributed by atoms with van der Waals surface area (Å²) in [6.45, 7) is -19.6. The van der Waals surface area contributed by atoms with Gasteiger partial charge in [0.25, 0.3) is 5.91 Å². The van der Waals surface area contributed by atoms with Crippen LogP contribution in [0.2, 0.25) is 0 Å². The number of carbonyl (C=O) groups excluding carboxylic acids is 2. The van der Waals surface area contributed by atoms with Crippen LogP contribution in [0.3, 0.4) is 0 Å². The number of carbonyl (C=O) groups is 2. The minimum Gasteiger partial charge on any atom is -0.508 e. The predicted octanol–water partition coefficient (Wildman–Crippen LogP) is 6.37. The number of phenols is 2. The van der Waals surface area contributed by atoms with Gasteiger partial charge >= 0.3 is 39.6 Å². The molecule has 0 aromatic heterocycles. The molecule has 2 aliphatic heterocycles. The molecule has 77 heavy (non-hydrogen) atoms. The lowest BCUT2D eigenvalue weighted by molar-refractivity contribution is 0.0223. The molecule has 3 aromatic rings. The Morgan fingerprint density at radius 2 is 0.922 bits per heavy atom. The molecule has 2 aliphatic rings. The molecular formula is C43H62NO23P5S5. The first-order valence-electron chi connectivity index (χ1n) is 23.7. The van der Waals surface area contributed by atoms with Crippen LogP contribution < -0.4 is 10.1 Å². The van der Waals surface area contributed by atoms with E-state index in [1.165, 1.54) is 30.3 Å². The van der Waals surface area contributed by atoms with E-state index >= 15 is 0 Å². The van der Waals surface area contributed by atoms with Gasteiger partial charge in [-0.05, 0) is 140 Å². The summed E-state index contributed by atoms with van der Waals surface area (Å²) >= 11 is 25.2. The number of hydrogen-bond acceptors (Lipinski definition) is 23. The van der Waals surface area contributed by atoms with Gasteiger partial charge in [0.1, 0.15) is 23.0 Å². The maximum absolute atomic E-state index is 13.6. The van der Waals surface area contributed by atoms with E-state index in [1.54, 1.807) is 24.3 Å². The molecule has 0 radical (unpaired) electrons. The van der Waals surface area contributed by atoms with Crippen LogP contribution >= 0.6 is 33.6 Å². The predicted molar refractivity (Wildman–Crippen MR) is 297 cm³/mol. The van der Waals surface area contributed by atoms with Crippen molar-refractivity contribution >= 4 is 105 Å². The highest BCUT2D eigenvalue weighted by Crippen LogP contribution is 2.57. The van der Waals surface area contributed by atoms with Gasteiger partial charge in [-0.3, -0.25) is 4.79 Å². The standard InChI is InChI=1S/C43H62NO23P5S5/c45-16-3-18-56-68(51,73)58-20-5-21-60-70(53,75)61-23-7-25-63-72(55,77)65-30-31(29-64-71(54,76)62-24-6-22-59-69(52,74)57-19-4-17-46)8-1-2-15-44-41(49)32-9-12-36-35(26-32)42(50)67-43(36)37-13-10-33(47)27-39(37)66-40-28-34(48)11-14-38(40)43/h9-14,26-28,31,45-48H,1-8,15-25,29-30H2,(H,44,49)(H,51,73)(H,52,74)(H,53,75)(H,54,76)(H,55,77). The number of ether oxygens (including phenoxy) is 2. The topological polar surface area (TPSA) is 339 Å². The second-order valence-electron chi connectivity index (χ2n) is 16.7. The van der Waals surface area contributed by atoms with Crippen LogP contribution in [0.1, 0.15) is 88.8 Å². The number of unbranched alkanes of at least 4 members (excludes halogenated alkanes) is 1. The fraction of sp³-hybridized carbons (Fsp3) is 0.535. The van der Waals surface area contributed by atoms with Crippen LogP contribution in [0.25, 0.3) is 0 Å². The molecule has 34 heteroatoms. The molecule has 2 heterocycles. The lowest BCUT2D eigenvalue weighted by atomic mass is 9.77. The highest BCUT2D eigenvalue weighted by molar-refractivity contribution is 8.08. The van der Waals surface area contributed by atoms with Crippen LogP contribution in [0.5, 0.6) is 23.0 Å². The molecule has 0 bridgehead atoms. The fourth-order valence-electron chi connectivity index (χ4n) is 7.25. The van der Waals surface area contributed by atoms with Gasteiger partial charge < -0.3 is 105 Å². The van der Waals surface area contributed by atoms with E-state index < -0.39 is 57.0 Å². The number of rotatable bonds is 38. The summed E-state index contributed by atoms with van der Waals surface area (Å²) in [6, 6.07) is 13.4. The number of nitrogens with one attached hydrogen (secondary N) is 1. The van der Waals surface area contributed by atoms with Gasteiger partial charge in [0.05, 0.1) is 71.6 Å². The summed E-state index contributed by atoms with van der Waals surface area (Å²) in [5.74, 6) is -1.51. The molecule has 10 N–H and O–H groups in total. The normalized spacial score (nSPS) is 17.8. The van der Waals surface area contributed by atoms with E-state index in [9.17, 15) is 44.3 Å². The number of aliphatic hydroxyl groups is 2. The molecule has 0 saturated carbocycles. The molecule has 432 valence electrons. The molecule has 0 saturated heterocycles. The van der Waals surface area contributed by atoms with Gasteiger partial charge in [0.2, 0.25) is 0 Å². The molecule has 0 fully saturated rings. The lowest BCUT2D eigenvalue weighted by Crippen LogP contribution is -2.33. The Labute approximate surface area is 470 Å². The van der Waals surface area contributed by atoms with E-state index in [1.807, 2.05) is 0 Å². The number of phenolic OH excluding ortho intramolecular Hbond substituents is 2. The summed E-state index contributed by atoms with van der Waals surface area (Å²) in [5, 5.41) is 41.0. The average Bonchev–Trinajstić information content (AvgIpc) is 3.72. The van der Waals surface area contributed by atoms with Crippen molar-refractivity contribution < 1.29 is 109 Å². The van der Waals surface area contributed by atoms with Crippen molar-refractivity contribution in [2.75, 3.05) is 85.8 Å². The van der Waals surface area contributed by atoms with Crippen LogP contribution in [0.4, 0.5) is 0 Å². The second-order valence-corrected chi connectivity index (χ2v) is 30.9. The fourth-order valence-corrected chi connectivity index (χ4v) is 13.5. The highest BCUT2D eigenvalue weighted by Gasteiger charge is 2.54. The van der Waals surface area contributed by atoms with Gasteiger partial charge in [-0.15, -0.1) is 0 Å². The molecule has 0 aliphatic carbocycles. The minimum absolute atomic E-state index is 0.00766. The van der Waals surface area contributed by atoms with E-state index in [0.717, 1.165) is 0 Å². The summed E-state index contributed by atoms with van der Waals surface area (Å²) in [7, 11) is 0. The zero-order valence-corrected chi connectivity index (χ0v) is 49.7. The van der Waals surface area contributed by atoms with Crippen LogP contribution in [0.15, 0.2) is 54.6 Å². The van der Waals surface area contributed by atoms with E-state index in [-0.39, 0.29) is 152 Å². The van der Waals surface area contributed by atoms with Gasteiger partial charge in [0.15, 0.2) is 5.60 Å². The monoisotopic (exact) mass is 1280 g/mol. The number of esters is 1. The maximum atomic E-state index is 13.6. The SMILES string of the molecule is O=C(NCCCCC(COP(O)(=S)OCCCOP(O)(=S)OCCCO)COP(O)(=S)OCCCOP(O)(=S)OCCCOP(O)(=S)OCCCO)c1ccc2c(c1)C(=O)OC21c2ccc(O)cc2Oc2cc(O)ccc21. The summed E-state index contributed by atoms with van der Waals surface area (Å²) in [5.41, 5.74) is 0.0986. The quantitative estimate of drug-likeness (QED) is 0.0169. The zero-order chi connectivity index (χ0) is 56.3. The summed E-state index contributed by atoms with van der Waals surface area (Å²) in [4.78, 5) is 79.2. The number of fused-ring (bicyclic) bond motifs is 6. The highest BCUT2D eigenvalue weighted by atomic mass is 32.5. The van der Waals surface area contributed by atoms with E-state index in [0.29, 0.717) is 36.0 Å². The molecule has 6 atom stereocenters. The van der Waals surface area contributed by atoms with Crippen molar-refractivity contribution in [1.82, 2.24) is 5.32 Å². The minimum atomic E-state index is -3.88. The average molecular weight is 1280 g/mol. The smallest absolute Gasteiger partial charge is 0.340 e. The van der Waals surface area contributed by atoms with Crippen molar-refractivity contribution in [3.05, 3.63) is 82.4 Å². The first-order valence-corrected chi connectivity index (χ1v) is 36.7. The Morgan fingerprint density at radius 1 is 0.532 bits per heavy atom. The van der Waals surface area contributed by atoms with Crippen LogP contribution in [-0.2, 0) is 115 Å². The Hall–Kier alpha value is -1.43. The number of hydrogen-bond donors (Lipinski definition) is 10. The Balaban J connectivity index is 1.11. The van der Waals surface area contributed by atoms with Crippen molar-refractivity contribution in [1.29, 1.82) is 0 Å². The maximum Gasteiger partial charge on any atom is 0.340 e. The third-order valence-electron chi connectivity index (χ3n) is 10.8. The number of aliphatic hydroxyl groups excluding tert-OH is 2. The molecular weight excluding hydrogens is 1210 g/mol. The van der Waals surface area contributed by atoms with Crippen molar-refractivity contribution in [2.24, 2.45) is 5.92 Å². The van der Waals surface area contributed by atoms with Crippen molar-refractivity contribution in [3.8, 4) is 23.0 Å². The van der Waals surface area contributed by atoms with Gasteiger partial charge in [0, 0.05) is 60.1 Å². The zero-order valence-electron chi connectivity index (χ0n) is 41.1. The number of amides is 1. The Kier molecular flexibility index (Phi) is 27.0. The van der Waals surface area contributed by atoms with Gasteiger partial charge in [-0.2, -0.15) is 0 Å². The summed E-state index contributed by atoms with van der Waals surface area (Å²) in [6.07, 6.45) is 2.21. The summed E-state index contributed by atoms with van der Waals surface area (Å²) < 4.78 is 65.3. The van der Waals surface area contributed by atoms with Crippen LogP contribution in [-0.4, -0.2) is 143 Å². The first kappa shape index (κ1) is 66.4. The van der Waals surface area contributed by atoms with E-state index in [4.69, 9.17) is 124 Å². The van der Waals surface area contributed by atoms with Gasteiger partial charge in [-0.1, -0.05) is 12.5 Å². The Bertz CT molecular complexity index is 2660. The molecule has 1 amide bonds. The lowest BCUT2D eigenvalue weighted by Gasteiger charge is -2.36. The molecule has 1 spiro atoms. The Morgan fingerprint density at radius 3 is 1.34 bits per heavy atom. The van der Waals surface area contributed by atoms with Crippen molar-refractivity contribution in [2.45, 2.75) is 57.0 Å².